The van der Waals surface area contributed by atoms with Gasteiger partial charge in [-0.15, -0.1) is 10.2 Å². The van der Waals surface area contributed by atoms with Crippen molar-refractivity contribution in [3.05, 3.63) is 82.8 Å². The topological polar surface area (TPSA) is 156 Å². The number of carbonyl (C=O) groups is 3. The minimum atomic E-state index is -2.72. The summed E-state index contributed by atoms with van der Waals surface area (Å²) in [5.41, 5.74) is 3.67. The van der Waals surface area contributed by atoms with Crippen molar-refractivity contribution in [2.24, 2.45) is 5.92 Å². The summed E-state index contributed by atoms with van der Waals surface area (Å²) in [6.45, 7) is 6.16. The fourth-order valence-electron chi connectivity index (χ4n) is 10.3. The fraction of sp³-hybridized carbons (Fsp3) is 0.455. The molecule has 3 amide bonds. The highest BCUT2D eigenvalue weighted by Gasteiger charge is 2.56. The first-order chi connectivity index (χ1) is 29.5. The lowest BCUT2D eigenvalue weighted by Crippen LogP contribution is -2.57. The van der Waals surface area contributed by atoms with Crippen LogP contribution in [-0.4, -0.2) is 111 Å². The fourth-order valence-corrected chi connectivity index (χ4v) is 10.3. The number of nitrogens with one attached hydrogen (secondary N) is 2. The van der Waals surface area contributed by atoms with Crippen LogP contribution < -0.4 is 25.2 Å². The number of hydrogen-bond donors (Lipinski definition) is 3. The summed E-state index contributed by atoms with van der Waals surface area (Å²) in [5, 5.41) is 24.1. The van der Waals surface area contributed by atoms with Crippen molar-refractivity contribution in [3.8, 4) is 22.9 Å². The monoisotopic (exact) mass is 837 g/mol. The number of nitrogens with zero attached hydrogens (tertiary/aromatic N) is 7. The van der Waals surface area contributed by atoms with Gasteiger partial charge in [-0.2, -0.15) is 0 Å². The summed E-state index contributed by atoms with van der Waals surface area (Å²) in [7, 11) is 0. The molecule has 2 aromatic carbocycles. The standard InChI is InChI=1S/C44H46F3N9O5/c1-24-29-7-10-38(61-28-19-44(43(46)47)23-48-40-36(56(44)22-28)18-34(51-52-40)30-3-2-4-32(45)39(30)58)49-33(29)13-16-54(24)20-25-11-14-53(15-12-25)27-6-5-26-21-55(42(60)31(26)17-27)35-8-9-37(57)50-41(35)59/h2-7,10,17-18,24-25,28,35,43,58H,8-9,11-16,19-23H2,1H3,(H,48,52)(H,50,57,59)/t24?,28-,35+,44-/m1/s1. The molecule has 3 saturated heterocycles. The van der Waals surface area contributed by atoms with Gasteiger partial charge in [-0.25, -0.2) is 18.2 Å². The number of aromatic hydroxyl groups is 1. The molecule has 0 radical (unpaired) electrons. The van der Waals surface area contributed by atoms with Crippen LogP contribution in [-0.2, 0) is 22.6 Å². The Morgan fingerprint density at radius 2 is 1.82 bits per heavy atom. The minimum absolute atomic E-state index is 0.0372. The van der Waals surface area contributed by atoms with Gasteiger partial charge in [0.15, 0.2) is 17.4 Å². The van der Waals surface area contributed by atoms with E-state index in [-0.39, 0.29) is 55.0 Å². The summed E-state index contributed by atoms with van der Waals surface area (Å²) in [6.07, 6.45) is 0.0364. The minimum Gasteiger partial charge on any atom is -0.504 e. The van der Waals surface area contributed by atoms with Crippen LogP contribution in [0, 0.1) is 11.7 Å². The van der Waals surface area contributed by atoms with E-state index in [1.165, 1.54) is 12.1 Å². The number of para-hydroxylation sites is 1. The second kappa shape index (κ2) is 15.2. The van der Waals surface area contributed by atoms with Crippen LogP contribution in [0.4, 0.5) is 30.4 Å². The zero-order chi connectivity index (χ0) is 42.2. The molecule has 1 unspecified atom stereocenters. The maximum absolute atomic E-state index is 15.0. The van der Waals surface area contributed by atoms with Gasteiger partial charge in [0.25, 0.3) is 12.3 Å². The third-order valence-corrected chi connectivity index (χ3v) is 13.7. The molecular formula is C44H46F3N9O5. The van der Waals surface area contributed by atoms with Gasteiger partial charge >= 0.3 is 0 Å². The Morgan fingerprint density at radius 1 is 0.984 bits per heavy atom. The molecule has 0 bridgehead atoms. The average Bonchev–Trinajstić information content (AvgIpc) is 3.80. The number of hydrogen-bond acceptors (Lipinski definition) is 12. The molecule has 61 heavy (non-hydrogen) atoms. The summed E-state index contributed by atoms with van der Waals surface area (Å²) in [4.78, 5) is 50.5. The number of imide groups is 1. The Kier molecular flexibility index (Phi) is 9.75. The van der Waals surface area contributed by atoms with Crippen LogP contribution >= 0.6 is 0 Å². The molecule has 14 nitrogen and oxygen atoms in total. The van der Waals surface area contributed by atoms with E-state index in [1.807, 2.05) is 24.3 Å². The van der Waals surface area contributed by atoms with Crippen molar-refractivity contribution in [1.29, 1.82) is 0 Å². The summed E-state index contributed by atoms with van der Waals surface area (Å²) in [5.74, 6) is -1.06. The Morgan fingerprint density at radius 3 is 2.62 bits per heavy atom. The average molecular weight is 838 g/mol. The lowest BCUT2D eigenvalue weighted by Gasteiger charge is -2.43. The van der Waals surface area contributed by atoms with Crippen LogP contribution in [0.1, 0.15) is 72.2 Å². The molecule has 4 aromatic rings. The molecule has 6 aliphatic heterocycles. The molecule has 8 heterocycles. The van der Waals surface area contributed by atoms with Crippen molar-refractivity contribution in [2.75, 3.05) is 54.4 Å². The zero-order valence-corrected chi connectivity index (χ0v) is 33.6. The number of phenols is 1. The van der Waals surface area contributed by atoms with Crippen LogP contribution in [0.15, 0.2) is 54.6 Å². The maximum Gasteiger partial charge on any atom is 0.263 e. The summed E-state index contributed by atoms with van der Waals surface area (Å²) < 4.78 is 50.6. The van der Waals surface area contributed by atoms with Gasteiger partial charge in [0, 0.05) is 87.5 Å². The number of pyridine rings is 1. The first-order valence-electron chi connectivity index (χ1n) is 21.0. The van der Waals surface area contributed by atoms with Gasteiger partial charge in [0.1, 0.15) is 17.7 Å². The number of amides is 3. The maximum atomic E-state index is 15.0. The summed E-state index contributed by atoms with van der Waals surface area (Å²) in [6, 6.07) is 15.0. The smallest absolute Gasteiger partial charge is 0.263 e. The van der Waals surface area contributed by atoms with E-state index in [2.05, 4.69) is 43.6 Å². The number of piperidine rings is 2. The van der Waals surface area contributed by atoms with Crippen LogP contribution in [0.2, 0.25) is 0 Å². The molecule has 0 spiro atoms. The highest BCUT2D eigenvalue weighted by Crippen LogP contribution is 2.47. The highest BCUT2D eigenvalue weighted by atomic mass is 19.3. The molecular weight excluding hydrogens is 792 g/mol. The zero-order valence-electron chi connectivity index (χ0n) is 33.6. The lowest BCUT2D eigenvalue weighted by atomic mass is 9.92. The number of ether oxygens (including phenoxy) is 1. The first kappa shape index (κ1) is 39.2. The normalized spacial score (nSPS) is 25.2. The highest BCUT2D eigenvalue weighted by molar-refractivity contribution is 6.05. The number of alkyl halides is 2. The molecule has 3 fully saturated rings. The molecule has 17 heteroatoms. The third-order valence-electron chi connectivity index (χ3n) is 13.7. The molecule has 3 N–H and O–H groups in total. The van der Waals surface area contributed by atoms with E-state index in [9.17, 15) is 23.9 Å². The number of carbonyl (C=O) groups excluding carboxylic acids is 3. The third kappa shape index (κ3) is 6.86. The molecule has 6 aliphatic rings. The molecule has 0 aliphatic carbocycles. The van der Waals surface area contributed by atoms with Crippen molar-refractivity contribution in [2.45, 2.75) is 82.1 Å². The molecule has 2 aromatic heterocycles. The van der Waals surface area contributed by atoms with E-state index in [4.69, 9.17) is 9.72 Å². The van der Waals surface area contributed by atoms with Gasteiger partial charge in [-0.1, -0.05) is 18.2 Å². The Balaban J connectivity index is 0.761. The lowest BCUT2D eigenvalue weighted by molar-refractivity contribution is -0.136. The van der Waals surface area contributed by atoms with E-state index < -0.39 is 41.6 Å². The number of halogens is 3. The van der Waals surface area contributed by atoms with Gasteiger partial charge in [0.05, 0.1) is 23.6 Å². The number of anilines is 3. The van der Waals surface area contributed by atoms with Gasteiger partial charge in [-0.3, -0.25) is 24.6 Å². The van der Waals surface area contributed by atoms with Gasteiger partial charge in [0.2, 0.25) is 17.7 Å². The van der Waals surface area contributed by atoms with E-state index in [0.717, 1.165) is 74.0 Å². The van der Waals surface area contributed by atoms with Crippen molar-refractivity contribution in [3.63, 3.8) is 0 Å². The Bertz CT molecular complexity index is 2430. The van der Waals surface area contributed by atoms with Crippen LogP contribution in [0.25, 0.3) is 11.3 Å². The van der Waals surface area contributed by atoms with Gasteiger partial charge in [-0.05, 0) is 73.6 Å². The SMILES string of the molecule is CC1c2ccc(O[C@H]3CN4c5cc(-c6cccc(F)c6O)nnc5NC[C@@]4(C(F)F)C3)nc2CCN1CC1CCN(c2ccc3c(c2)C(=O)N([C@H]2CCC(=O)NC2=O)C3)CC1. The molecule has 318 valence electrons. The van der Waals surface area contributed by atoms with Crippen LogP contribution in [0.5, 0.6) is 11.6 Å². The quantitative estimate of drug-likeness (QED) is 0.203. The predicted octanol–water partition coefficient (Wildman–Crippen LogP) is 5.07. The molecule has 10 rings (SSSR count). The van der Waals surface area contributed by atoms with Crippen molar-refractivity contribution >= 4 is 34.9 Å². The number of benzene rings is 2. The van der Waals surface area contributed by atoms with E-state index in [0.29, 0.717) is 41.8 Å². The largest absolute Gasteiger partial charge is 0.504 e. The molecule has 4 atom stereocenters. The van der Waals surface area contributed by atoms with E-state index in [1.54, 1.807) is 15.9 Å². The summed E-state index contributed by atoms with van der Waals surface area (Å²) >= 11 is 0. The van der Waals surface area contributed by atoms with Crippen molar-refractivity contribution in [1.82, 2.24) is 30.3 Å². The number of aromatic nitrogens is 3. The Hall–Kier alpha value is -5.97. The number of rotatable bonds is 8. The number of fused-ring (bicyclic) bond motifs is 5. The number of phenolic OH excluding ortho intramolecular Hbond substituents is 1. The molecule has 0 saturated carbocycles. The van der Waals surface area contributed by atoms with Crippen molar-refractivity contribution < 1.29 is 37.4 Å². The van der Waals surface area contributed by atoms with Gasteiger partial charge < -0.3 is 29.9 Å². The predicted molar refractivity (Wildman–Crippen MR) is 218 cm³/mol. The van der Waals surface area contributed by atoms with Crippen LogP contribution in [0.3, 0.4) is 0 Å². The van der Waals surface area contributed by atoms with E-state index >= 15 is 8.78 Å². The Labute approximate surface area is 350 Å². The first-order valence-corrected chi connectivity index (χ1v) is 21.0. The second-order valence-corrected chi connectivity index (χ2v) is 17.2. The second-order valence-electron chi connectivity index (χ2n) is 17.2.